The van der Waals surface area contributed by atoms with Crippen molar-refractivity contribution in [2.75, 3.05) is 12.8 Å². The molecule has 2 rings (SSSR count). The summed E-state index contributed by atoms with van der Waals surface area (Å²) in [5, 5.41) is 12.4. The predicted octanol–water partition coefficient (Wildman–Crippen LogP) is 2.20. The number of rotatable bonds is 1. The molecule has 4 heteroatoms. The fraction of sp³-hybridized carbons (Fsp3) is 0.111. The average molecular weight is 195 g/mol. The first-order valence-corrected chi connectivity index (χ1v) is 4.64. The Morgan fingerprint density at radius 1 is 1.54 bits per heavy atom. The van der Waals surface area contributed by atoms with E-state index < -0.39 is 0 Å². The zero-order chi connectivity index (χ0) is 9.42. The van der Waals surface area contributed by atoms with Crippen molar-refractivity contribution in [3.63, 3.8) is 0 Å². The maximum absolute atomic E-state index is 9.72. The van der Waals surface area contributed by atoms with E-state index in [-0.39, 0.29) is 5.75 Å². The standard InChI is InChI=1S/C9H9NO2S/c1-12-9-6(10)4-7-5(8(9)11)2-3-13-7/h2-4,11H,10H2,1H3. The van der Waals surface area contributed by atoms with Crippen LogP contribution in [0, 0.1) is 0 Å². The maximum Gasteiger partial charge on any atom is 0.184 e. The lowest BCUT2D eigenvalue weighted by atomic mass is 10.2. The molecule has 0 aliphatic heterocycles. The van der Waals surface area contributed by atoms with Gasteiger partial charge >= 0.3 is 0 Å². The van der Waals surface area contributed by atoms with Gasteiger partial charge in [0.15, 0.2) is 11.5 Å². The summed E-state index contributed by atoms with van der Waals surface area (Å²) in [6, 6.07) is 3.65. The van der Waals surface area contributed by atoms with E-state index >= 15 is 0 Å². The molecule has 2 aromatic rings. The topological polar surface area (TPSA) is 55.5 Å². The van der Waals surface area contributed by atoms with Crippen molar-refractivity contribution in [2.24, 2.45) is 0 Å². The van der Waals surface area contributed by atoms with E-state index in [0.717, 1.165) is 10.1 Å². The van der Waals surface area contributed by atoms with Crippen LogP contribution in [-0.4, -0.2) is 12.2 Å². The van der Waals surface area contributed by atoms with Gasteiger partial charge < -0.3 is 15.6 Å². The van der Waals surface area contributed by atoms with Crippen molar-refractivity contribution in [1.82, 2.24) is 0 Å². The first kappa shape index (κ1) is 8.19. The fourth-order valence-electron chi connectivity index (χ4n) is 1.31. The summed E-state index contributed by atoms with van der Waals surface area (Å²) in [6.07, 6.45) is 0. The van der Waals surface area contributed by atoms with Gasteiger partial charge in [-0.2, -0.15) is 0 Å². The number of ether oxygens (including phenoxy) is 1. The van der Waals surface area contributed by atoms with Crippen LogP contribution in [0.3, 0.4) is 0 Å². The number of nitrogens with two attached hydrogens (primary N) is 1. The average Bonchev–Trinajstić information content (AvgIpc) is 2.53. The van der Waals surface area contributed by atoms with Gasteiger partial charge in [-0.15, -0.1) is 11.3 Å². The van der Waals surface area contributed by atoms with E-state index in [4.69, 9.17) is 10.5 Å². The fourth-order valence-corrected chi connectivity index (χ4v) is 2.15. The Bertz CT molecular complexity index is 450. The van der Waals surface area contributed by atoms with E-state index in [1.54, 1.807) is 6.07 Å². The maximum atomic E-state index is 9.72. The van der Waals surface area contributed by atoms with Crippen LogP contribution in [0.25, 0.3) is 10.1 Å². The van der Waals surface area contributed by atoms with E-state index in [1.165, 1.54) is 18.4 Å². The lowest BCUT2D eigenvalue weighted by Gasteiger charge is -2.07. The van der Waals surface area contributed by atoms with E-state index in [1.807, 2.05) is 11.4 Å². The van der Waals surface area contributed by atoms with Gasteiger partial charge in [0.1, 0.15) is 0 Å². The second-order valence-electron chi connectivity index (χ2n) is 2.68. The molecule has 0 bridgehead atoms. The molecule has 1 aromatic carbocycles. The molecule has 0 aliphatic rings. The van der Waals surface area contributed by atoms with Gasteiger partial charge in [-0.1, -0.05) is 0 Å². The number of phenolic OH excluding ortho intramolecular Hbond substituents is 1. The Morgan fingerprint density at radius 2 is 2.31 bits per heavy atom. The number of benzene rings is 1. The highest BCUT2D eigenvalue weighted by atomic mass is 32.1. The molecule has 0 spiro atoms. The lowest BCUT2D eigenvalue weighted by Crippen LogP contribution is -1.92. The number of thiophene rings is 1. The molecule has 13 heavy (non-hydrogen) atoms. The summed E-state index contributed by atoms with van der Waals surface area (Å²) >= 11 is 1.54. The molecule has 0 atom stereocenters. The number of hydrogen-bond donors (Lipinski definition) is 2. The molecule has 0 aliphatic carbocycles. The summed E-state index contributed by atoms with van der Waals surface area (Å²) in [5.74, 6) is 0.477. The Balaban J connectivity index is 2.85. The first-order valence-electron chi connectivity index (χ1n) is 3.76. The number of aromatic hydroxyl groups is 1. The van der Waals surface area contributed by atoms with Crippen molar-refractivity contribution in [2.45, 2.75) is 0 Å². The highest BCUT2D eigenvalue weighted by Gasteiger charge is 2.11. The third-order valence-electron chi connectivity index (χ3n) is 1.92. The van der Waals surface area contributed by atoms with Crippen LogP contribution < -0.4 is 10.5 Å². The molecular weight excluding hydrogens is 186 g/mol. The van der Waals surface area contributed by atoms with Crippen molar-refractivity contribution >= 4 is 27.1 Å². The molecule has 0 saturated heterocycles. The second-order valence-corrected chi connectivity index (χ2v) is 3.63. The minimum absolute atomic E-state index is 0.124. The van der Waals surface area contributed by atoms with Gasteiger partial charge in [0.25, 0.3) is 0 Å². The van der Waals surface area contributed by atoms with Gasteiger partial charge in [-0.25, -0.2) is 0 Å². The number of fused-ring (bicyclic) bond motifs is 1. The summed E-state index contributed by atoms with van der Waals surface area (Å²) in [5.41, 5.74) is 6.15. The molecule has 0 radical (unpaired) electrons. The minimum Gasteiger partial charge on any atom is -0.504 e. The Hall–Kier alpha value is -1.42. The van der Waals surface area contributed by atoms with Gasteiger partial charge in [-0.05, 0) is 17.5 Å². The van der Waals surface area contributed by atoms with Crippen molar-refractivity contribution in [1.29, 1.82) is 0 Å². The second kappa shape index (κ2) is 2.81. The number of phenols is 1. The molecular formula is C9H9NO2S. The number of hydrogen-bond acceptors (Lipinski definition) is 4. The van der Waals surface area contributed by atoms with Crippen molar-refractivity contribution in [3.05, 3.63) is 17.5 Å². The quantitative estimate of drug-likeness (QED) is 0.686. The highest BCUT2D eigenvalue weighted by molar-refractivity contribution is 7.17. The van der Waals surface area contributed by atoms with Crippen molar-refractivity contribution < 1.29 is 9.84 Å². The number of anilines is 1. The molecule has 68 valence electrons. The van der Waals surface area contributed by atoms with E-state index in [0.29, 0.717) is 11.4 Å². The largest absolute Gasteiger partial charge is 0.504 e. The van der Waals surface area contributed by atoms with Crippen LogP contribution in [-0.2, 0) is 0 Å². The van der Waals surface area contributed by atoms with Gasteiger partial charge in [0.05, 0.1) is 12.8 Å². The third-order valence-corrected chi connectivity index (χ3v) is 2.78. The lowest BCUT2D eigenvalue weighted by molar-refractivity contribution is 0.378. The molecule has 0 unspecified atom stereocenters. The zero-order valence-electron chi connectivity index (χ0n) is 7.07. The highest BCUT2D eigenvalue weighted by Crippen LogP contribution is 2.41. The Kier molecular flexibility index (Phi) is 1.77. The predicted molar refractivity (Wildman–Crippen MR) is 54.5 cm³/mol. The summed E-state index contributed by atoms with van der Waals surface area (Å²) in [6.45, 7) is 0. The van der Waals surface area contributed by atoms with Crippen LogP contribution in [0.1, 0.15) is 0 Å². The van der Waals surface area contributed by atoms with Gasteiger partial charge in [-0.3, -0.25) is 0 Å². The van der Waals surface area contributed by atoms with E-state index in [9.17, 15) is 5.11 Å². The smallest absolute Gasteiger partial charge is 0.184 e. The monoisotopic (exact) mass is 195 g/mol. The Labute approximate surface area is 79.4 Å². The molecule has 1 heterocycles. The summed E-state index contributed by atoms with van der Waals surface area (Å²) < 4.78 is 5.95. The number of methoxy groups -OCH3 is 1. The van der Waals surface area contributed by atoms with Crippen LogP contribution in [0.4, 0.5) is 5.69 Å². The molecule has 3 nitrogen and oxygen atoms in total. The van der Waals surface area contributed by atoms with E-state index in [2.05, 4.69) is 0 Å². The molecule has 0 amide bonds. The molecule has 1 aromatic heterocycles. The molecule has 0 fully saturated rings. The van der Waals surface area contributed by atoms with Crippen LogP contribution in [0.2, 0.25) is 0 Å². The molecule has 3 N–H and O–H groups in total. The molecule has 0 saturated carbocycles. The van der Waals surface area contributed by atoms with Crippen LogP contribution in [0.15, 0.2) is 17.5 Å². The normalized spacial score (nSPS) is 10.5. The zero-order valence-corrected chi connectivity index (χ0v) is 7.89. The third kappa shape index (κ3) is 1.10. The van der Waals surface area contributed by atoms with Crippen LogP contribution in [0.5, 0.6) is 11.5 Å². The SMILES string of the molecule is COc1c(N)cc2sccc2c1O. The summed E-state index contributed by atoms with van der Waals surface area (Å²) in [4.78, 5) is 0. The number of nitrogen functional groups attached to an aromatic ring is 1. The Morgan fingerprint density at radius 3 is 3.00 bits per heavy atom. The summed E-state index contributed by atoms with van der Waals surface area (Å²) in [7, 11) is 1.49. The first-order chi connectivity index (χ1) is 6.24. The van der Waals surface area contributed by atoms with Crippen LogP contribution >= 0.6 is 11.3 Å². The van der Waals surface area contributed by atoms with Gasteiger partial charge in [0.2, 0.25) is 0 Å². The van der Waals surface area contributed by atoms with Gasteiger partial charge in [0, 0.05) is 10.1 Å². The minimum atomic E-state index is 0.124. The van der Waals surface area contributed by atoms with Crippen molar-refractivity contribution in [3.8, 4) is 11.5 Å².